The van der Waals surface area contributed by atoms with Crippen molar-refractivity contribution in [2.45, 2.75) is 51.9 Å². The van der Waals surface area contributed by atoms with Gasteiger partial charge in [0, 0.05) is 6.54 Å². The van der Waals surface area contributed by atoms with Gasteiger partial charge in [0.25, 0.3) is 0 Å². The van der Waals surface area contributed by atoms with Crippen LogP contribution in [0.2, 0.25) is 0 Å². The van der Waals surface area contributed by atoms with Gasteiger partial charge in [-0.05, 0) is 42.9 Å². The van der Waals surface area contributed by atoms with Gasteiger partial charge in [-0.25, -0.2) is 0 Å². The molecule has 0 radical (unpaired) electrons. The van der Waals surface area contributed by atoms with Crippen molar-refractivity contribution in [3.05, 3.63) is 46.5 Å². The van der Waals surface area contributed by atoms with E-state index in [4.69, 9.17) is 0 Å². The van der Waals surface area contributed by atoms with Crippen LogP contribution in [0.15, 0.2) is 18.2 Å². The maximum absolute atomic E-state index is 11.7. The molecule has 4 rings (SSSR count). The van der Waals surface area contributed by atoms with E-state index in [1.807, 2.05) is 16.4 Å². The number of aliphatic carboxylic acids is 1. The highest BCUT2D eigenvalue weighted by Gasteiger charge is 2.33. The van der Waals surface area contributed by atoms with Crippen molar-refractivity contribution < 1.29 is 9.90 Å². The lowest BCUT2D eigenvalue weighted by molar-refractivity contribution is -0.145. The molecule has 23 heavy (non-hydrogen) atoms. The Morgan fingerprint density at radius 2 is 2.13 bits per heavy atom. The van der Waals surface area contributed by atoms with Gasteiger partial charge in [0.15, 0.2) is 0 Å². The summed E-state index contributed by atoms with van der Waals surface area (Å²) in [5.41, 5.74) is 4.05. The maximum Gasteiger partial charge on any atom is 0.322 e. The smallest absolute Gasteiger partial charge is 0.322 e. The summed E-state index contributed by atoms with van der Waals surface area (Å²) >= 11 is 0. The molecule has 1 aromatic heterocycles. The highest BCUT2D eigenvalue weighted by Crippen LogP contribution is 2.25. The lowest BCUT2D eigenvalue weighted by atomic mass is 10.0. The zero-order chi connectivity index (χ0) is 16.0. The molecule has 0 amide bonds. The highest BCUT2D eigenvalue weighted by molar-refractivity contribution is 5.73. The average Bonchev–Trinajstić information content (AvgIpc) is 3.13. The third-order valence-corrected chi connectivity index (χ3v) is 4.99. The molecule has 1 aliphatic carbocycles. The molecular weight excluding hydrogens is 292 g/mol. The molecule has 0 bridgehead atoms. The molecule has 2 aromatic rings. The SMILES string of the molecule is Cc1nnc2n1CC(C(=O)O)N(Cc1ccc3c(c1)CCC3)C2. The van der Waals surface area contributed by atoms with Crippen LogP contribution < -0.4 is 0 Å². The van der Waals surface area contributed by atoms with Gasteiger partial charge >= 0.3 is 5.97 Å². The van der Waals surface area contributed by atoms with Crippen LogP contribution in [0.4, 0.5) is 0 Å². The first-order valence-electron chi connectivity index (χ1n) is 8.08. The molecule has 0 saturated heterocycles. The normalized spacial score (nSPS) is 20.3. The number of carboxylic acids is 1. The van der Waals surface area contributed by atoms with Crippen molar-refractivity contribution in [1.82, 2.24) is 19.7 Å². The Hall–Kier alpha value is -2.21. The van der Waals surface area contributed by atoms with E-state index in [2.05, 4.69) is 28.4 Å². The highest BCUT2D eigenvalue weighted by atomic mass is 16.4. The minimum absolute atomic E-state index is 0.411. The van der Waals surface area contributed by atoms with Crippen LogP contribution in [-0.2, 0) is 37.3 Å². The second-order valence-electron chi connectivity index (χ2n) is 6.49. The number of carbonyl (C=O) groups is 1. The Kier molecular flexibility index (Phi) is 3.41. The summed E-state index contributed by atoms with van der Waals surface area (Å²) in [4.78, 5) is 13.7. The Morgan fingerprint density at radius 1 is 1.30 bits per heavy atom. The number of carboxylic acid groups (broad SMARTS) is 1. The number of hydrogen-bond donors (Lipinski definition) is 1. The lowest BCUT2D eigenvalue weighted by Gasteiger charge is -2.33. The molecule has 2 heterocycles. The van der Waals surface area contributed by atoms with E-state index in [-0.39, 0.29) is 0 Å². The molecule has 6 nitrogen and oxygen atoms in total. The number of nitrogens with zero attached hydrogens (tertiary/aromatic N) is 4. The topological polar surface area (TPSA) is 71.2 Å². The molecular formula is C17H20N4O2. The third-order valence-electron chi connectivity index (χ3n) is 4.99. The van der Waals surface area contributed by atoms with E-state index >= 15 is 0 Å². The first kappa shape index (κ1) is 14.4. The Labute approximate surface area is 134 Å². The van der Waals surface area contributed by atoms with Gasteiger partial charge < -0.3 is 9.67 Å². The van der Waals surface area contributed by atoms with Crippen LogP contribution in [0.5, 0.6) is 0 Å². The van der Waals surface area contributed by atoms with E-state index in [0.29, 0.717) is 19.6 Å². The van der Waals surface area contributed by atoms with Crippen LogP contribution >= 0.6 is 0 Å². The molecule has 1 N–H and O–H groups in total. The summed E-state index contributed by atoms with van der Waals surface area (Å²) in [7, 11) is 0. The maximum atomic E-state index is 11.7. The van der Waals surface area contributed by atoms with Gasteiger partial charge in [-0.15, -0.1) is 10.2 Å². The molecule has 1 unspecified atom stereocenters. The number of hydrogen-bond acceptors (Lipinski definition) is 4. The predicted octanol–water partition coefficient (Wildman–Crippen LogP) is 1.54. The summed E-state index contributed by atoms with van der Waals surface area (Å²) in [6.07, 6.45) is 3.53. The molecule has 1 aliphatic heterocycles. The summed E-state index contributed by atoms with van der Waals surface area (Å²) in [6, 6.07) is 6.04. The van der Waals surface area contributed by atoms with Gasteiger partial charge in [0.2, 0.25) is 0 Å². The monoisotopic (exact) mass is 312 g/mol. The van der Waals surface area contributed by atoms with Crippen molar-refractivity contribution in [3.8, 4) is 0 Å². The second kappa shape index (κ2) is 5.45. The van der Waals surface area contributed by atoms with Crippen molar-refractivity contribution in [3.63, 3.8) is 0 Å². The number of benzene rings is 1. The number of aryl methyl sites for hydroxylation is 3. The van der Waals surface area contributed by atoms with Crippen LogP contribution in [0.1, 0.15) is 34.8 Å². The predicted molar refractivity (Wildman–Crippen MR) is 83.9 cm³/mol. The van der Waals surface area contributed by atoms with Crippen LogP contribution in [0.25, 0.3) is 0 Å². The minimum Gasteiger partial charge on any atom is -0.480 e. The van der Waals surface area contributed by atoms with Gasteiger partial charge in [-0.2, -0.15) is 0 Å². The molecule has 2 aliphatic rings. The largest absolute Gasteiger partial charge is 0.480 e. The molecule has 1 aromatic carbocycles. The quantitative estimate of drug-likeness (QED) is 0.931. The Balaban J connectivity index is 1.60. The van der Waals surface area contributed by atoms with E-state index in [1.165, 1.54) is 29.5 Å². The number of aromatic nitrogens is 3. The molecule has 1 atom stereocenters. The Bertz CT molecular complexity index is 768. The summed E-state index contributed by atoms with van der Waals surface area (Å²) in [5.74, 6) is 0.842. The van der Waals surface area contributed by atoms with Crippen molar-refractivity contribution in [1.29, 1.82) is 0 Å². The van der Waals surface area contributed by atoms with Crippen molar-refractivity contribution in [2.75, 3.05) is 0 Å². The van der Waals surface area contributed by atoms with Gasteiger partial charge in [0.1, 0.15) is 17.7 Å². The fraction of sp³-hybridized carbons (Fsp3) is 0.471. The average molecular weight is 312 g/mol. The molecule has 0 saturated carbocycles. The molecule has 0 fully saturated rings. The van der Waals surface area contributed by atoms with Gasteiger partial charge in [0.05, 0.1) is 13.1 Å². The van der Waals surface area contributed by atoms with Crippen LogP contribution in [0, 0.1) is 6.92 Å². The summed E-state index contributed by atoms with van der Waals surface area (Å²) < 4.78 is 1.91. The Morgan fingerprint density at radius 3 is 2.96 bits per heavy atom. The van der Waals surface area contributed by atoms with Gasteiger partial charge in [-0.1, -0.05) is 18.2 Å². The van der Waals surface area contributed by atoms with Gasteiger partial charge in [-0.3, -0.25) is 9.69 Å². The first-order valence-corrected chi connectivity index (χ1v) is 8.08. The zero-order valence-corrected chi connectivity index (χ0v) is 13.2. The summed E-state index contributed by atoms with van der Waals surface area (Å²) in [6.45, 7) is 3.44. The minimum atomic E-state index is -0.787. The van der Waals surface area contributed by atoms with Crippen molar-refractivity contribution >= 4 is 5.97 Å². The van der Waals surface area contributed by atoms with Crippen LogP contribution in [0.3, 0.4) is 0 Å². The molecule has 6 heteroatoms. The standard InChI is InChI=1S/C17H20N4O2/c1-11-18-19-16-10-20(15(17(22)23)9-21(11)16)8-12-5-6-13-3-2-4-14(13)7-12/h5-7,15H,2-4,8-10H2,1H3,(H,22,23). The summed E-state index contributed by atoms with van der Waals surface area (Å²) in [5, 5.41) is 17.9. The van der Waals surface area contributed by atoms with Crippen molar-refractivity contribution in [2.24, 2.45) is 0 Å². The van der Waals surface area contributed by atoms with E-state index < -0.39 is 12.0 Å². The van der Waals surface area contributed by atoms with Crippen LogP contribution in [-0.4, -0.2) is 36.8 Å². The first-order chi connectivity index (χ1) is 11.1. The molecule has 0 spiro atoms. The lowest BCUT2D eigenvalue weighted by Crippen LogP contribution is -2.47. The second-order valence-corrected chi connectivity index (χ2v) is 6.49. The van der Waals surface area contributed by atoms with E-state index in [1.54, 1.807) is 0 Å². The van der Waals surface area contributed by atoms with E-state index in [9.17, 15) is 9.90 Å². The number of rotatable bonds is 3. The fourth-order valence-electron chi connectivity index (χ4n) is 3.72. The fourth-order valence-corrected chi connectivity index (χ4v) is 3.72. The van der Waals surface area contributed by atoms with E-state index in [0.717, 1.165) is 18.1 Å². The number of fused-ring (bicyclic) bond motifs is 2. The third kappa shape index (κ3) is 2.53. The zero-order valence-electron chi connectivity index (χ0n) is 13.2. The molecule has 120 valence electrons.